The lowest BCUT2D eigenvalue weighted by molar-refractivity contribution is -0.143. The topological polar surface area (TPSA) is 81.2 Å². The van der Waals surface area contributed by atoms with E-state index in [0.717, 1.165) is 5.56 Å². The Bertz CT molecular complexity index is 1350. The number of nitrogens with zero attached hydrogens (tertiary/aromatic N) is 3. The molecule has 0 saturated carbocycles. The van der Waals surface area contributed by atoms with Crippen LogP contribution in [0.2, 0.25) is 5.02 Å². The number of amides is 3. The molecule has 4 aliphatic rings. The number of likely N-dealkylation sites (tertiary alicyclic amines) is 1. The molecule has 6 rings (SSSR count). The van der Waals surface area contributed by atoms with Crippen LogP contribution in [0.15, 0.2) is 78.9 Å². The molecule has 2 fully saturated rings. The van der Waals surface area contributed by atoms with Gasteiger partial charge in [-0.15, -0.1) is 11.8 Å². The van der Waals surface area contributed by atoms with E-state index >= 15 is 0 Å². The number of benzene rings is 2. The Hall–Kier alpha value is -3.07. The number of para-hydroxylation sites is 1. The zero-order valence-corrected chi connectivity index (χ0v) is 22.9. The number of aliphatic hydroxyl groups excluding tert-OH is 1. The van der Waals surface area contributed by atoms with E-state index in [1.807, 2.05) is 71.7 Å². The van der Waals surface area contributed by atoms with Crippen molar-refractivity contribution in [1.82, 2.24) is 9.80 Å². The van der Waals surface area contributed by atoms with Crippen LogP contribution < -0.4 is 4.90 Å². The number of hydrogen-bond acceptors (Lipinski definition) is 5. The van der Waals surface area contributed by atoms with Gasteiger partial charge in [-0.1, -0.05) is 78.4 Å². The summed E-state index contributed by atoms with van der Waals surface area (Å²) >= 11 is 8.06. The highest BCUT2D eigenvalue weighted by Crippen LogP contribution is 2.61. The molecule has 7 nitrogen and oxygen atoms in total. The lowest BCUT2D eigenvalue weighted by Gasteiger charge is -2.35. The molecule has 2 aromatic carbocycles. The second kappa shape index (κ2) is 10.5. The monoisotopic (exact) mass is 563 g/mol. The van der Waals surface area contributed by atoms with Crippen LogP contribution in [0, 0.1) is 11.8 Å². The van der Waals surface area contributed by atoms with E-state index in [4.69, 9.17) is 11.6 Å². The van der Waals surface area contributed by atoms with Crippen molar-refractivity contribution < 1.29 is 19.5 Å². The number of thioether (sulfide) groups is 1. The molecule has 39 heavy (non-hydrogen) atoms. The second-order valence-electron chi connectivity index (χ2n) is 10.4. The quantitative estimate of drug-likeness (QED) is 0.544. The molecule has 4 aliphatic heterocycles. The van der Waals surface area contributed by atoms with Crippen molar-refractivity contribution in [1.29, 1.82) is 0 Å². The lowest BCUT2D eigenvalue weighted by Crippen LogP contribution is -2.53. The van der Waals surface area contributed by atoms with Crippen molar-refractivity contribution >= 4 is 46.8 Å². The van der Waals surface area contributed by atoms with E-state index < -0.39 is 22.6 Å². The Balaban J connectivity index is 1.40. The van der Waals surface area contributed by atoms with Gasteiger partial charge in [-0.3, -0.25) is 14.4 Å². The molecular weight excluding hydrogens is 534 g/mol. The summed E-state index contributed by atoms with van der Waals surface area (Å²) in [5, 5.41) is 9.83. The van der Waals surface area contributed by atoms with Gasteiger partial charge in [-0.25, -0.2) is 0 Å². The number of halogens is 1. The van der Waals surface area contributed by atoms with Crippen LogP contribution in [-0.4, -0.2) is 74.9 Å². The third kappa shape index (κ3) is 4.29. The van der Waals surface area contributed by atoms with Crippen LogP contribution in [0.3, 0.4) is 0 Å². The number of carbonyl (C=O) groups excluding carboxylic acids is 3. The highest BCUT2D eigenvalue weighted by molar-refractivity contribution is 8.02. The Morgan fingerprint density at radius 2 is 1.72 bits per heavy atom. The van der Waals surface area contributed by atoms with Gasteiger partial charge in [0, 0.05) is 38.0 Å². The summed E-state index contributed by atoms with van der Waals surface area (Å²) in [6, 6.07) is 16.2. The zero-order valence-electron chi connectivity index (χ0n) is 21.4. The average Bonchev–Trinajstić information content (AvgIpc) is 3.26. The summed E-state index contributed by atoms with van der Waals surface area (Å²) in [6.07, 6.45) is 8.34. The minimum atomic E-state index is -0.898. The predicted octanol–water partition coefficient (Wildman–Crippen LogP) is 3.52. The molecule has 5 atom stereocenters. The van der Waals surface area contributed by atoms with Crippen molar-refractivity contribution in [3.63, 3.8) is 0 Å². The van der Waals surface area contributed by atoms with Crippen molar-refractivity contribution in [2.24, 2.45) is 11.8 Å². The first-order valence-electron chi connectivity index (χ1n) is 13.3. The summed E-state index contributed by atoms with van der Waals surface area (Å²) in [5.74, 6) is -1.75. The van der Waals surface area contributed by atoms with Crippen molar-refractivity contribution in [2.75, 3.05) is 31.1 Å². The third-order valence-electron chi connectivity index (χ3n) is 8.16. The SMILES string of the molecule is O=C1[C@@H]2[C@H](C=CCN1Cc1ccccc1)S[C@]13C=CCN(c4ccccc4Cl)C(=O)C1N(CCCO)C(=O)[C@H]23. The van der Waals surface area contributed by atoms with Gasteiger partial charge in [0.2, 0.25) is 11.8 Å². The standard InChI is InChI=1S/C30H30ClN3O4S/c31-21-11-4-5-12-22(21)33-16-7-14-30-25(28(37)34(17-8-18-35)26(30)29(33)38)24-23(39-30)13-6-15-32(27(24)36)19-20-9-2-1-3-10-20/h1-7,9-14,23-26,35H,8,15-19H2/t23-,24+,25-,26?,30-/m0/s1. The number of rotatable bonds is 6. The average molecular weight is 564 g/mol. The van der Waals surface area contributed by atoms with Gasteiger partial charge in [0.15, 0.2) is 0 Å². The molecule has 0 bridgehead atoms. The summed E-state index contributed by atoms with van der Waals surface area (Å²) in [5.41, 5.74) is 1.62. The Labute approximate surface area is 237 Å². The number of hydrogen-bond donors (Lipinski definition) is 1. The van der Waals surface area contributed by atoms with Crippen molar-refractivity contribution in [3.05, 3.63) is 89.5 Å². The smallest absolute Gasteiger partial charge is 0.251 e. The molecule has 3 amide bonds. The van der Waals surface area contributed by atoms with Crippen molar-refractivity contribution in [2.45, 2.75) is 29.0 Å². The molecule has 2 aromatic rings. The number of carbonyl (C=O) groups is 3. The highest BCUT2D eigenvalue weighted by Gasteiger charge is 2.71. The number of aliphatic hydroxyl groups is 1. The van der Waals surface area contributed by atoms with Crippen molar-refractivity contribution in [3.8, 4) is 0 Å². The molecule has 2 saturated heterocycles. The van der Waals surface area contributed by atoms with Crippen LogP contribution in [0.1, 0.15) is 12.0 Å². The van der Waals surface area contributed by atoms with Crippen LogP contribution in [-0.2, 0) is 20.9 Å². The summed E-state index contributed by atoms with van der Waals surface area (Å²) in [7, 11) is 0. The summed E-state index contributed by atoms with van der Waals surface area (Å²) in [6.45, 7) is 1.39. The van der Waals surface area contributed by atoms with Gasteiger partial charge in [0.25, 0.3) is 5.91 Å². The van der Waals surface area contributed by atoms with Crippen LogP contribution in [0.25, 0.3) is 0 Å². The lowest BCUT2D eigenvalue weighted by atomic mass is 9.78. The maximum absolute atomic E-state index is 14.3. The molecule has 1 N–H and O–H groups in total. The molecule has 1 spiro atoms. The Morgan fingerprint density at radius 1 is 0.949 bits per heavy atom. The van der Waals surface area contributed by atoms with E-state index in [9.17, 15) is 19.5 Å². The molecule has 0 radical (unpaired) electrons. The van der Waals surface area contributed by atoms with E-state index in [1.54, 1.807) is 33.7 Å². The number of anilines is 1. The fourth-order valence-corrected chi connectivity index (χ4v) is 8.75. The van der Waals surface area contributed by atoms with E-state index in [-0.39, 0.29) is 36.1 Å². The van der Waals surface area contributed by atoms with Crippen LogP contribution in [0.5, 0.6) is 0 Å². The summed E-state index contributed by atoms with van der Waals surface area (Å²) in [4.78, 5) is 47.7. The second-order valence-corrected chi connectivity index (χ2v) is 12.3. The van der Waals surface area contributed by atoms with Gasteiger partial charge in [0.1, 0.15) is 6.04 Å². The first-order valence-corrected chi connectivity index (χ1v) is 14.5. The van der Waals surface area contributed by atoms with Gasteiger partial charge in [0.05, 0.1) is 27.3 Å². The highest BCUT2D eigenvalue weighted by atomic mass is 35.5. The minimum Gasteiger partial charge on any atom is -0.396 e. The van der Waals surface area contributed by atoms with E-state index in [0.29, 0.717) is 36.8 Å². The Morgan fingerprint density at radius 3 is 2.49 bits per heavy atom. The summed E-state index contributed by atoms with van der Waals surface area (Å²) < 4.78 is -0.898. The zero-order chi connectivity index (χ0) is 27.1. The predicted molar refractivity (Wildman–Crippen MR) is 152 cm³/mol. The first kappa shape index (κ1) is 26.2. The van der Waals surface area contributed by atoms with Gasteiger partial charge >= 0.3 is 0 Å². The molecule has 0 aliphatic carbocycles. The molecule has 202 valence electrons. The third-order valence-corrected chi connectivity index (χ3v) is 10.2. The van der Waals surface area contributed by atoms with Gasteiger partial charge in [-0.05, 0) is 24.1 Å². The normalized spacial score (nSPS) is 29.8. The van der Waals surface area contributed by atoms with E-state index in [1.165, 1.54) is 0 Å². The van der Waals surface area contributed by atoms with E-state index in [2.05, 4.69) is 0 Å². The molecule has 1 unspecified atom stereocenters. The van der Waals surface area contributed by atoms with Crippen LogP contribution >= 0.6 is 23.4 Å². The fourth-order valence-electron chi connectivity index (χ4n) is 6.50. The fraction of sp³-hybridized carbons (Fsp3) is 0.367. The maximum Gasteiger partial charge on any atom is 0.251 e. The van der Waals surface area contributed by atoms with Gasteiger partial charge in [-0.2, -0.15) is 0 Å². The number of fused-ring (bicyclic) bond motifs is 2. The van der Waals surface area contributed by atoms with Crippen LogP contribution in [0.4, 0.5) is 5.69 Å². The largest absolute Gasteiger partial charge is 0.396 e. The Kier molecular flexibility index (Phi) is 7.04. The maximum atomic E-state index is 14.3. The molecule has 4 heterocycles. The molecule has 9 heteroatoms. The molecule has 0 aromatic heterocycles. The molecular formula is C30H30ClN3O4S. The van der Waals surface area contributed by atoms with Gasteiger partial charge < -0.3 is 19.8 Å². The minimum absolute atomic E-state index is 0.0626. The first-order chi connectivity index (χ1) is 19.0.